The quantitative estimate of drug-likeness (QED) is 0.692. The van der Waals surface area contributed by atoms with Crippen LogP contribution in [0.4, 0.5) is 4.39 Å². The molecule has 3 heteroatoms. The summed E-state index contributed by atoms with van der Waals surface area (Å²) < 4.78 is 13.0. The Morgan fingerprint density at radius 1 is 1.46 bits per heavy atom. The van der Waals surface area contributed by atoms with E-state index in [1.54, 1.807) is 18.2 Å². The predicted octanol–water partition coefficient (Wildman–Crippen LogP) is 2.90. The van der Waals surface area contributed by atoms with E-state index in [4.69, 9.17) is 0 Å². The van der Waals surface area contributed by atoms with Crippen molar-refractivity contribution < 1.29 is 9.18 Å². The minimum atomic E-state index is -0.253. The molecule has 0 heterocycles. The first kappa shape index (κ1) is 10.3. The van der Waals surface area contributed by atoms with Gasteiger partial charge in [-0.2, -0.15) is 0 Å². The third-order valence-corrected chi connectivity index (χ3v) is 2.73. The summed E-state index contributed by atoms with van der Waals surface area (Å²) in [5.41, 5.74) is 0. The van der Waals surface area contributed by atoms with Crippen LogP contribution in [0.3, 0.4) is 0 Å². The van der Waals surface area contributed by atoms with Crippen molar-refractivity contribution in [2.75, 3.05) is 5.75 Å². The van der Waals surface area contributed by atoms with Crippen molar-refractivity contribution in [3.8, 4) is 0 Å². The number of carbonyl (C=O) groups is 1. The molecular formula is C10H11FOS. The molecule has 0 aliphatic rings. The largest absolute Gasteiger partial charge is 0.299 e. The van der Waals surface area contributed by atoms with Gasteiger partial charge in [0, 0.05) is 11.3 Å². The highest BCUT2D eigenvalue weighted by atomic mass is 32.2. The Morgan fingerprint density at radius 3 is 2.77 bits per heavy atom. The van der Waals surface area contributed by atoms with Crippen molar-refractivity contribution in [3.63, 3.8) is 0 Å². The maximum atomic E-state index is 13.0. The first-order valence-electron chi connectivity index (χ1n) is 4.13. The van der Waals surface area contributed by atoms with Crippen LogP contribution in [-0.4, -0.2) is 11.5 Å². The van der Waals surface area contributed by atoms with Gasteiger partial charge in [0.25, 0.3) is 0 Å². The molecule has 13 heavy (non-hydrogen) atoms. The lowest BCUT2D eigenvalue weighted by atomic mass is 10.3. The first-order chi connectivity index (χ1) is 6.24. The number of hydrogen-bond acceptors (Lipinski definition) is 2. The molecule has 1 aromatic rings. The second-order valence-corrected chi connectivity index (χ2v) is 3.63. The minimum Gasteiger partial charge on any atom is -0.299 e. The number of carbonyl (C=O) groups excluding carboxylic acids is 1. The van der Waals surface area contributed by atoms with E-state index in [0.717, 1.165) is 0 Å². The fourth-order valence-electron chi connectivity index (χ4n) is 0.822. The van der Waals surface area contributed by atoms with E-state index < -0.39 is 0 Å². The molecule has 70 valence electrons. The normalized spacial score (nSPS) is 10.0. The van der Waals surface area contributed by atoms with Gasteiger partial charge in [-0.15, -0.1) is 11.8 Å². The summed E-state index contributed by atoms with van der Waals surface area (Å²) in [6, 6.07) is 6.49. The van der Waals surface area contributed by atoms with Gasteiger partial charge in [-0.1, -0.05) is 19.1 Å². The fourth-order valence-corrected chi connectivity index (χ4v) is 1.72. The van der Waals surface area contributed by atoms with Gasteiger partial charge in [-0.05, 0) is 12.1 Å². The fraction of sp³-hybridized carbons (Fsp3) is 0.300. The van der Waals surface area contributed by atoms with Crippen LogP contribution < -0.4 is 0 Å². The molecule has 0 N–H and O–H groups in total. The Balaban J connectivity index is 2.54. The van der Waals surface area contributed by atoms with E-state index in [9.17, 15) is 9.18 Å². The van der Waals surface area contributed by atoms with Gasteiger partial charge >= 0.3 is 0 Å². The van der Waals surface area contributed by atoms with Gasteiger partial charge in [-0.3, -0.25) is 4.79 Å². The lowest BCUT2D eigenvalue weighted by molar-refractivity contribution is -0.116. The maximum absolute atomic E-state index is 13.0. The second kappa shape index (κ2) is 5.02. The monoisotopic (exact) mass is 198 g/mol. The van der Waals surface area contributed by atoms with Gasteiger partial charge in [-0.25, -0.2) is 4.39 Å². The molecule has 0 atom stereocenters. The Hall–Kier alpha value is -0.830. The zero-order chi connectivity index (χ0) is 9.68. The molecule has 0 spiro atoms. The third-order valence-electron chi connectivity index (χ3n) is 1.62. The average Bonchev–Trinajstić information content (AvgIpc) is 2.16. The van der Waals surface area contributed by atoms with Gasteiger partial charge < -0.3 is 0 Å². The minimum absolute atomic E-state index is 0.147. The van der Waals surface area contributed by atoms with Crippen LogP contribution in [-0.2, 0) is 4.79 Å². The topological polar surface area (TPSA) is 17.1 Å². The van der Waals surface area contributed by atoms with Gasteiger partial charge in [0.2, 0.25) is 0 Å². The van der Waals surface area contributed by atoms with Crippen LogP contribution in [0.1, 0.15) is 13.3 Å². The number of ketones is 1. The Bertz CT molecular complexity index is 299. The molecule has 0 radical (unpaired) electrons. The number of Topliss-reactive ketones (excluding diaryl/α,β-unsaturated/α-hetero) is 1. The number of rotatable bonds is 4. The zero-order valence-corrected chi connectivity index (χ0v) is 8.23. The summed E-state index contributed by atoms with van der Waals surface area (Å²) in [7, 11) is 0. The summed E-state index contributed by atoms with van der Waals surface area (Å²) in [4.78, 5) is 11.5. The van der Waals surface area contributed by atoms with E-state index in [2.05, 4.69) is 0 Å². The van der Waals surface area contributed by atoms with Gasteiger partial charge in [0.1, 0.15) is 11.6 Å². The van der Waals surface area contributed by atoms with Crippen LogP contribution in [0.5, 0.6) is 0 Å². The van der Waals surface area contributed by atoms with Crippen molar-refractivity contribution in [3.05, 3.63) is 30.1 Å². The second-order valence-electron chi connectivity index (χ2n) is 2.61. The van der Waals surface area contributed by atoms with E-state index in [1.165, 1.54) is 17.8 Å². The number of halogens is 1. The van der Waals surface area contributed by atoms with Crippen molar-refractivity contribution >= 4 is 17.5 Å². The van der Waals surface area contributed by atoms with Crippen LogP contribution in [0, 0.1) is 5.82 Å². The third kappa shape index (κ3) is 3.19. The molecular weight excluding hydrogens is 187 g/mol. The number of benzene rings is 1. The van der Waals surface area contributed by atoms with E-state index in [1.807, 2.05) is 6.92 Å². The molecule has 1 nitrogen and oxygen atoms in total. The summed E-state index contributed by atoms with van der Waals surface area (Å²) in [6.45, 7) is 1.81. The Labute approximate surface area is 81.3 Å². The van der Waals surface area contributed by atoms with Crippen LogP contribution in [0.25, 0.3) is 0 Å². The molecule has 0 amide bonds. The number of thioether (sulfide) groups is 1. The van der Waals surface area contributed by atoms with Gasteiger partial charge in [0.15, 0.2) is 0 Å². The summed E-state index contributed by atoms with van der Waals surface area (Å²) >= 11 is 1.26. The van der Waals surface area contributed by atoms with Gasteiger partial charge in [0.05, 0.1) is 5.75 Å². The van der Waals surface area contributed by atoms with Crippen LogP contribution in [0.2, 0.25) is 0 Å². The molecule has 1 rings (SSSR count). The van der Waals surface area contributed by atoms with E-state index >= 15 is 0 Å². The summed E-state index contributed by atoms with van der Waals surface area (Å²) in [5.74, 6) is 0.252. The molecule has 0 saturated carbocycles. The maximum Gasteiger partial charge on any atom is 0.142 e. The van der Waals surface area contributed by atoms with Crippen molar-refractivity contribution in [1.82, 2.24) is 0 Å². The number of hydrogen-bond donors (Lipinski definition) is 0. The smallest absolute Gasteiger partial charge is 0.142 e. The molecule has 0 saturated heterocycles. The predicted molar refractivity (Wildman–Crippen MR) is 52.4 cm³/mol. The Morgan fingerprint density at radius 2 is 2.15 bits per heavy atom. The molecule has 0 aliphatic carbocycles. The van der Waals surface area contributed by atoms with Crippen LogP contribution >= 0.6 is 11.8 Å². The van der Waals surface area contributed by atoms with Crippen molar-refractivity contribution in [2.45, 2.75) is 18.2 Å². The standard InChI is InChI=1S/C10H11FOS/c1-2-8(12)7-13-10-6-4-3-5-9(10)11/h3-6H,2,7H2,1H3. The zero-order valence-electron chi connectivity index (χ0n) is 7.42. The first-order valence-corrected chi connectivity index (χ1v) is 5.11. The molecule has 0 bridgehead atoms. The molecule has 0 fully saturated rings. The lowest BCUT2D eigenvalue weighted by Crippen LogP contribution is -1.98. The molecule has 0 unspecified atom stereocenters. The highest BCUT2D eigenvalue weighted by Gasteiger charge is 2.03. The van der Waals surface area contributed by atoms with Crippen LogP contribution in [0.15, 0.2) is 29.2 Å². The summed E-state index contributed by atoms with van der Waals surface area (Å²) in [6.07, 6.45) is 0.515. The van der Waals surface area contributed by atoms with E-state index in [-0.39, 0.29) is 11.6 Å². The lowest BCUT2D eigenvalue weighted by Gasteiger charge is -2.00. The highest BCUT2D eigenvalue weighted by Crippen LogP contribution is 2.21. The van der Waals surface area contributed by atoms with Crippen molar-refractivity contribution in [1.29, 1.82) is 0 Å². The molecule has 1 aromatic carbocycles. The molecule has 0 aromatic heterocycles. The van der Waals surface area contributed by atoms with E-state index in [0.29, 0.717) is 17.1 Å². The Kier molecular flexibility index (Phi) is 3.96. The average molecular weight is 198 g/mol. The molecule has 0 aliphatic heterocycles. The SMILES string of the molecule is CCC(=O)CSc1ccccc1F. The summed E-state index contributed by atoms with van der Waals surface area (Å²) in [5, 5.41) is 0. The highest BCUT2D eigenvalue weighted by molar-refractivity contribution is 8.00. The van der Waals surface area contributed by atoms with Crippen molar-refractivity contribution in [2.24, 2.45) is 0 Å².